The van der Waals surface area contributed by atoms with E-state index in [9.17, 15) is 0 Å². The number of fused-ring (bicyclic) bond motifs is 12. The van der Waals surface area contributed by atoms with Gasteiger partial charge in [0.2, 0.25) is 0 Å². The Labute approximate surface area is 318 Å². The molecule has 9 aromatic rings. The minimum absolute atomic E-state index is 0.658. The summed E-state index contributed by atoms with van der Waals surface area (Å²) < 4.78 is 0. The van der Waals surface area contributed by atoms with Gasteiger partial charge in [0.05, 0.1) is 16.8 Å². The van der Waals surface area contributed by atoms with Crippen molar-refractivity contribution in [1.82, 2.24) is 29.9 Å². The zero-order chi connectivity index (χ0) is 36.3. The van der Waals surface area contributed by atoms with Crippen LogP contribution < -0.4 is 0 Å². The first-order chi connectivity index (χ1) is 27.3. The first-order valence-electron chi connectivity index (χ1n) is 18.3. The predicted molar refractivity (Wildman–Crippen MR) is 217 cm³/mol. The Bertz CT molecular complexity index is 2710. The van der Waals surface area contributed by atoms with Crippen LogP contribution >= 0.6 is 0 Å². The van der Waals surface area contributed by atoms with E-state index in [4.69, 9.17) is 19.9 Å². The normalized spacial score (nSPS) is 12.9. The highest BCUT2D eigenvalue weighted by molar-refractivity contribution is 5.98. The molecular formula is C49H30N6. The Morgan fingerprint density at radius 2 is 0.673 bits per heavy atom. The molecule has 11 rings (SSSR count). The fourth-order valence-electron chi connectivity index (χ4n) is 8.66. The smallest absolute Gasteiger partial charge is 0.159 e. The van der Waals surface area contributed by atoms with Crippen LogP contribution in [0, 0.1) is 0 Å². The molecule has 0 aliphatic heterocycles. The number of hydrogen-bond donors (Lipinski definition) is 0. The second-order valence-corrected chi connectivity index (χ2v) is 13.9. The molecule has 0 radical (unpaired) electrons. The first kappa shape index (κ1) is 31.1. The SMILES string of the molecule is c1ccc(-c2cnc(-c3ccc4c(c3)C3(c5cc(-c6ncc(-c7ccccn7)cn6)ccc5-c5ccccc5-4)c4ccccc4-c4ccccc43)nc2)nc1. The maximum absolute atomic E-state index is 4.90. The molecule has 0 amide bonds. The van der Waals surface area contributed by atoms with Crippen LogP contribution in [0.25, 0.3) is 78.7 Å². The number of nitrogens with zero attached hydrogens (tertiary/aromatic N) is 6. The minimum Gasteiger partial charge on any atom is -0.256 e. The molecule has 0 fully saturated rings. The van der Waals surface area contributed by atoms with Gasteiger partial charge in [0, 0.05) is 59.4 Å². The van der Waals surface area contributed by atoms with E-state index in [1.165, 1.54) is 55.6 Å². The number of rotatable bonds is 4. The van der Waals surface area contributed by atoms with E-state index >= 15 is 0 Å². The highest BCUT2D eigenvalue weighted by Gasteiger charge is 2.50. The molecule has 4 heterocycles. The minimum atomic E-state index is -0.690. The molecule has 4 aromatic heterocycles. The second kappa shape index (κ2) is 12.3. The van der Waals surface area contributed by atoms with Gasteiger partial charge in [-0.15, -0.1) is 0 Å². The predicted octanol–water partition coefficient (Wildman–Crippen LogP) is 10.7. The third-order valence-electron chi connectivity index (χ3n) is 11.0. The van der Waals surface area contributed by atoms with Crippen LogP contribution in [0.15, 0.2) is 183 Å². The van der Waals surface area contributed by atoms with Crippen molar-refractivity contribution >= 4 is 0 Å². The second-order valence-electron chi connectivity index (χ2n) is 13.9. The Hall–Kier alpha value is -7.44. The van der Waals surface area contributed by atoms with Gasteiger partial charge in [-0.05, 0) is 92.0 Å². The molecule has 6 nitrogen and oxygen atoms in total. The van der Waals surface area contributed by atoms with Gasteiger partial charge in [-0.3, -0.25) is 9.97 Å². The number of pyridine rings is 2. The summed E-state index contributed by atoms with van der Waals surface area (Å²) >= 11 is 0. The summed E-state index contributed by atoms with van der Waals surface area (Å²) in [7, 11) is 0. The van der Waals surface area contributed by atoms with Crippen molar-refractivity contribution in [2.45, 2.75) is 5.41 Å². The standard InChI is InChI=1S/C49H30N6/c1-2-12-36-35(11-1)39-21-19-31(47-52-27-33(28-53-47)45-17-7-9-23-50-45)25-43(39)49(41-15-5-3-13-37(41)38-14-4-6-16-42(38)49)44-26-32(20-22-40(36)44)48-54-29-34(30-55-48)46-18-8-10-24-51-46/h1-30H. The van der Waals surface area contributed by atoms with Crippen molar-refractivity contribution in [2.75, 3.05) is 0 Å². The Morgan fingerprint density at radius 3 is 1.09 bits per heavy atom. The fraction of sp³-hybridized carbons (Fsp3) is 0.0204. The van der Waals surface area contributed by atoms with E-state index in [2.05, 4.69) is 119 Å². The highest BCUT2D eigenvalue weighted by atomic mass is 14.9. The van der Waals surface area contributed by atoms with Crippen molar-refractivity contribution < 1.29 is 0 Å². The third kappa shape index (κ3) is 4.75. The Balaban J connectivity index is 1.19. The molecule has 0 unspecified atom stereocenters. The largest absolute Gasteiger partial charge is 0.256 e. The zero-order valence-electron chi connectivity index (χ0n) is 29.5. The molecule has 6 heteroatoms. The van der Waals surface area contributed by atoms with Crippen molar-refractivity contribution in [2.24, 2.45) is 0 Å². The molecule has 55 heavy (non-hydrogen) atoms. The maximum Gasteiger partial charge on any atom is 0.159 e. The lowest BCUT2D eigenvalue weighted by Crippen LogP contribution is -2.29. The molecule has 0 saturated carbocycles. The highest BCUT2D eigenvalue weighted by Crippen LogP contribution is 2.62. The van der Waals surface area contributed by atoms with Crippen molar-refractivity contribution in [3.05, 3.63) is 205 Å². The van der Waals surface area contributed by atoms with Gasteiger partial charge in [0.1, 0.15) is 0 Å². The van der Waals surface area contributed by atoms with E-state index in [0.717, 1.165) is 33.6 Å². The molecule has 0 saturated heterocycles. The Morgan fingerprint density at radius 1 is 0.291 bits per heavy atom. The van der Waals surface area contributed by atoms with Gasteiger partial charge in [0.25, 0.3) is 0 Å². The first-order valence-corrected chi connectivity index (χ1v) is 18.3. The summed E-state index contributed by atoms with van der Waals surface area (Å²) in [6, 6.07) is 51.7. The molecule has 2 aliphatic carbocycles. The van der Waals surface area contributed by atoms with Crippen LogP contribution in [0.3, 0.4) is 0 Å². The lowest BCUT2D eigenvalue weighted by molar-refractivity contribution is 0.775. The zero-order valence-corrected chi connectivity index (χ0v) is 29.5. The quantitative estimate of drug-likeness (QED) is 0.182. The maximum atomic E-state index is 4.90. The van der Waals surface area contributed by atoms with E-state index in [1.807, 2.05) is 61.2 Å². The van der Waals surface area contributed by atoms with E-state index in [-0.39, 0.29) is 0 Å². The molecule has 256 valence electrons. The summed E-state index contributed by atoms with van der Waals surface area (Å²) in [6.07, 6.45) is 11.0. The average Bonchev–Trinajstić information content (AvgIpc) is 3.52. The van der Waals surface area contributed by atoms with Crippen LogP contribution in [-0.2, 0) is 5.41 Å². The summed E-state index contributed by atoms with van der Waals surface area (Å²) in [5.74, 6) is 1.32. The molecule has 0 atom stereocenters. The van der Waals surface area contributed by atoms with Crippen LogP contribution in [-0.4, -0.2) is 29.9 Å². The lowest BCUT2D eigenvalue weighted by atomic mass is 9.65. The van der Waals surface area contributed by atoms with Crippen molar-refractivity contribution in [1.29, 1.82) is 0 Å². The number of hydrogen-bond acceptors (Lipinski definition) is 6. The third-order valence-corrected chi connectivity index (χ3v) is 11.0. The van der Waals surface area contributed by atoms with Gasteiger partial charge in [-0.25, -0.2) is 19.9 Å². The molecule has 5 aromatic carbocycles. The molecule has 0 bridgehead atoms. The van der Waals surface area contributed by atoms with Crippen molar-refractivity contribution in [3.63, 3.8) is 0 Å². The van der Waals surface area contributed by atoms with Crippen LogP contribution in [0.1, 0.15) is 22.3 Å². The summed E-state index contributed by atoms with van der Waals surface area (Å²) in [4.78, 5) is 28.6. The number of aromatic nitrogens is 6. The van der Waals surface area contributed by atoms with E-state index < -0.39 is 5.41 Å². The molecule has 2 aliphatic rings. The van der Waals surface area contributed by atoms with Gasteiger partial charge in [0.15, 0.2) is 11.6 Å². The van der Waals surface area contributed by atoms with E-state index in [0.29, 0.717) is 11.6 Å². The van der Waals surface area contributed by atoms with Gasteiger partial charge >= 0.3 is 0 Å². The van der Waals surface area contributed by atoms with Crippen LogP contribution in [0.4, 0.5) is 0 Å². The topological polar surface area (TPSA) is 77.3 Å². The monoisotopic (exact) mass is 702 g/mol. The summed E-state index contributed by atoms with van der Waals surface area (Å²) in [6.45, 7) is 0. The summed E-state index contributed by atoms with van der Waals surface area (Å²) in [5, 5.41) is 0. The van der Waals surface area contributed by atoms with E-state index in [1.54, 1.807) is 12.4 Å². The lowest BCUT2D eigenvalue weighted by Gasteiger charge is -2.36. The van der Waals surface area contributed by atoms with Gasteiger partial charge < -0.3 is 0 Å². The molecular weight excluding hydrogens is 673 g/mol. The Kier molecular flexibility index (Phi) is 6.97. The summed E-state index contributed by atoms with van der Waals surface area (Å²) in [5.41, 5.74) is 16.6. The van der Waals surface area contributed by atoms with Crippen molar-refractivity contribution in [3.8, 4) is 78.7 Å². The average molecular weight is 703 g/mol. The molecule has 0 N–H and O–H groups in total. The fourth-order valence-corrected chi connectivity index (χ4v) is 8.66. The van der Waals surface area contributed by atoms with Gasteiger partial charge in [-0.1, -0.05) is 109 Å². The van der Waals surface area contributed by atoms with Gasteiger partial charge in [-0.2, -0.15) is 0 Å². The van der Waals surface area contributed by atoms with Crippen LogP contribution in [0.2, 0.25) is 0 Å². The number of benzene rings is 5. The van der Waals surface area contributed by atoms with Crippen LogP contribution in [0.5, 0.6) is 0 Å². The molecule has 1 spiro atoms.